The Bertz CT molecular complexity index is 810. The topological polar surface area (TPSA) is 60.2 Å². The molecule has 4 rings (SSSR count). The van der Waals surface area contributed by atoms with Gasteiger partial charge >= 0.3 is 0 Å². The van der Waals surface area contributed by atoms with Gasteiger partial charge in [0.15, 0.2) is 11.5 Å². The summed E-state index contributed by atoms with van der Waals surface area (Å²) >= 11 is 0. The minimum Gasteiger partial charge on any atom is -0.488 e. The van der Waals surface area contributed by atoms with Crippen LogP contribution in [-0.2, 0) is 6.42 Å². The van der Waals surface area contributed by atoms with E-state index < -0.39 is 0 Å². The molecule has 0 atom stereocenters. The maximum absolute atomic E-state index is 5.99. The molecular weight excluding hydrogens is 266 g/mol. The molecule has 5 nitrogen and oxygen atoms in total. The predicted octanol–water partition coefficient (Wildman–Crippen LogP) is 3.26. The van der Waals surface area contributed by atoms with Gasteiger partial charge in [-0.15, -0.1) is 0 Å². The Morgan fingerprint density at radius 1 is 1.24 bits per heavy atom. The molecule has 0 saturated heterocycles. The van der Waals surface area contributed by atoms with Crippen molar-refractivity contribution in [2.75, 3.05) is 18.5 Å². The van der Waals surface area contributed by atoms with E-state index in [4.69, 9.17) is 9.15 Å². The number of rotatable bonds is 2. The molecule has 106 valence electrons. The van der Waals surface area contributed by atoms with Gasteiger partial charge in [0.2, 0.25) is 0 Å². The van der Waals surface area contributed by atoms with Crippen LogP contribution in [0.3, 0.4) is 0 Å². The van der Waals surface area contributed by atoms with Crippen LogP contribution in [0.4, 0.5) is 5.82 Å². The first-order valence-corrected chi connectivity index (χ1v) is 7.11. The summed E-state index contributed by atoms with van der Waals surface area (Å²) in [4.78, 5) is 8.76. The maximum atomic E-state index is 5.99. The molecular formula is C16H15N3O2. The van der Waals surface area contributed by atoms with Crippen LogP contribution in [0.15, 0.2) is 35.0 Å². The molecule has 3 aromatic rings. The molecule has 1 aliphatic heterocycles. The number of hydrogen-bond acceptors (Lipinski definition) is 5. The van der Waals surface area contributed by atoms with E-state index in [1.54, 1.807) is 6.33 Å². The van der Waals surface area contributed by atoms with Gasteiger partial charge in [-0.3, -0.25) is 0 Å². The molecule has 0 bridgehead atoms. The second kappa shape index (κ2) is 4.77. The Labute approximate surface area is 122 Å². The SMILES string of the molecule is CCNc1ncnc2c1CCOc1c-2oc2ccccc12. The van der Waals surface area contributed by atoms with E-state index in [1.165, 1.54) is 0 Å². The first-order chi connectivity index (χ1) is 10.4. The zero-order valence-corrected chi connectivity index (χ0v) is 11.7. The summed E-state index contributed by atoms with van der Waals surface area (Å²) in [5.74, 6) is 2.34. The van der Waals surface area contributed by atoms with E-state index in [-0.39, 0.29) is 0 Å². The van der Waals surface area contributed by atoms with Gasteiger partial charge in [-0.2, -0.15) is 0 Å². The van der Waals surface area contributed by atoms with Crippen LogP contribution in [0.25, 0.3) is 22.4 Å². The molecule has 0 fully saturated rings. The highest BCUT2D eigenvalue weighted by Crippen LogP contribution is 2.42. The zero-order chi connectivity index (χ0) is 14.2. The third-order valence-electron chi connectivity index (χ3n) is 3.65. The van der Waals surface area contributed by atoms with Gasteiger partial charge < -0.3 is 14.5 Å². The molecule has 0 spiro atoms. The van der Waals surface area contributed by atoms with Crippen LogP contribution in [0, 0.1) is 0 Å². The molecule has 1 N–H and O–H groups in total. The van der Waals surface area contributed by atoms with E-state index in [2.05, 4.69) is 15.3 Å². The number of furan rings is 1. The van der Waals surface area contributed by atoms with E-state index in [9.17, 15) is 0 Å². The normalized spacial score (nSPS) is 13.2. The fourth-order valence-electron chi connectivity index (χ4n) is 2.74. The lowest BCUT2D eigenvalue weighted by atomic mass is 10.1. The molecule has 3 heterocycles. The fraction of sp³-hybridized carbons (Fsp3) is 0.250. The van der Waals surface area contributed by atoms with E-state index in [1.807, 2.05) is 31.2 Å². The van der Waals surface area contributed by atoms with Crippen molar-refractivity contribution in [3.05, 3.63) is 36.2 Å². The van der Waals surface area contributed by atoms with E-state index in [0.29, 0.717) is 12.4 Å². The lowest BCUT2D eigenvalue weighted by Crippen LogP contribution is -2.07. The molecule has 0 radical (unpaired) electrons. The summed E-state index contributed by atoms with van der Waals surface area (Å²) in [5, 5.41) is 4.27. The van der Waals surface area contributed by atoms with Crippen molar-refractivity contribution in [2.45, 2.75) is 13.3 Å². The van der Waals surface area contributed by atoms with Crippen molar-refractivity contribution in [1.29, 1.82) is 0 Å². The first-order valence-electron chi connectivity index (χ1n) is 7.11. The van der Waals surface area contributed by atoms with Gasteiger partial charge in [-0.1, -0.05) is 12.1 Å². The third kappa shape index (κ3) is 1.85. The van der Waals surface area contributed by atoms with Crippen molar-refractivity contribution < 1.29 is 9.15 Å². The summed E-state index contributed by atoms with van der Waals surface area (Å²) in [6, 6.07) is 7.89. The molecule has 1 aliphatic rings. The largest absolute Gasteiger partial charge is 0.488 e. The number of fused-ring (bicyclic) bond motifs is 5. The minimum atomic E-state index is 0.593. The van der Waals surface area contributed by atoms with Crippen LogP contribution in [0.5, 0.6) is 5.75 Å². The van der Waals surface area contributed by atoms with E-state index >= 15 is 0 Å². The van der Waals surface area contributed by atoms with Crippen molar-refractivity contribution in [2.24, 2.45) is 0 Å². The smallest absolute Gasteiger partial charge is 0.196 e. The van der Waals surface area contributed by atoms with Gasteiger partial charge in [0.25, 0.3) is 0 Å². The number of nitrogens with zero attached hydrogens (tertiary/aromatic N) is 2. The second-order valence-corrected chi connectivity index (χ2v) is 4.93. The quantitative estimate of drug-likeness (QED) is 0.781. The van der Waals surface area contributed by atoms with Crippen molar-refractivity contribution in [1.82, 2.24) is 9.97 Å². The molecule has 21 heavy (non-hydrogen) atoms. The number of benzene rings is 1. The minimum absolute atomic E-state index is 0.593. The summed E-state index contributed by atoms with van der Waals surface area (Å²) < 4.78 is 11.9. The predicted molar refractivity (Wildman–Crippen MR) is 80.6 cm³/mol. The average Bonchev–Trinajstić information content (AvgIpc) is 2.77. The Balaban J connectivity index is 1.99. The third-order valence-corrected chi connectivity index (χ3v) is 3.65. The van der Waals surface area contributed by atoms with Crippen LogP contribution in [0.1, 0.15) is 12.5 Å². The Kier molecular flexibility index (Phi) is 2.77. The number of anilines is 1. The van der Waals surface area contributed by atoms with Crippen LogP contribution >= 0.6 is 0 Å². The lowest BCUT2D eigenvalue weighted by molar-refractivity contribution is 0.327. The van der Waals surface area contributed by atoms with Crippen LogP contribution in [0.2, 0.25) is 0 Å². The highest BCUT2D eigenvalue weighted by molar-refractivity contribution is 5.92. The van der Waals surface area contributed by atoms with Crippen LogP contribution < -0.4 is 10.1 Å². The Morgan fingerprint density at radius 3 is 3.05 bits per heavy atom. The number of ether oxygens (including phenoxy) is 1. The van der Waals surface area contributed by atoms with Crippen LogP contribution in [-0.4, -0.2) is 23.1 Å². The summed E-state index contributed by atoms with van der Waals surface area (Å²) in [6.45, 7) is 3.46. The highest BCUT2D eigenvalue weighted by Gasteiger charge is 2.25. The molecule has 0 saturated carbocycles. The summed E-state index contributed by atoms with van der Waals surface area (Å²) in [6.07, 6.45) is 2.33. The summed E-state index contributed by atoms with van der Waals surface area (Å²) in [5.41, 5.74) is 2.70. The van der Waals surface area contributed by atoms with Gasteiger partial charge in [-0.05, 0) is 19.1 Å². The molecule has 0 unspecified atom stereocenters. The van der Waals surface area contributed by atoms with E-state index in [0.717, 1.165) is 46.8 Å². The maximum Gasteiger partial charge on any atom is 0.196 e. The number of nitrogens with one attached hydrogen (secondary N) is 1. The van der Waals surface area contributed by atoms with Crippen molar-refractivity contribution >= 4 is 16.8 Å². The number of para-hydroxylation sites is 1. The van der Waals surface area contributed by atoms with Gasteiger partial charge in [0.05, 0.1) is 12.0 Å². The molecule has 0 aliphatic carbocycles. The monoisotopic (exact) mass is 281 g/mol. The summed E-state index contributed by atoms with van der Waals surface area (Å²) in [7, 11) is 0. The standard InChI is InChI=1S/C16H15N3O2/c1-2-17-16-11-7-8-20-14-10-5-3-4-6-12(10)21-15(14)13(11)18-9-19-16/h3-6,9H,2,7-8H2,1H3,(H,17,18,19). The molecule has 2 aromatic heterocycles. The second-order valence-electron chi connectivity index (χ2n) is 4.93. The van der Waals surface area contributed by atoms with Gasteiger partial charge in [0.1, 0.15) is 23.4 Å². The first kappa shape index (κ1) is 12.2. The molecule has 0 amide bonds. The average molecular weight is 281 g/mol. The van der Waals surface area contributed by atoms with Crippen molar-refractivity contribution in [3.63, 3.8) is 0 Å². The Hall–Kier alpha value is -2.56. The molecule has 5 heteroatoms. The number of aromatic nitrogens is 2. The lowest BCUT2D eigenvalue weighted by Gasteiger charge is -2.09. The fourth-order valence-corrected chi connectivity index (χ4v) is 2.74. The van der Waals surface area contributed by atoms with Gasteiger partial charge in [0, 0.05) is 18.5 Å². The van der Waals surface area contributed by atoms with Crippen molar-refractivity contribution in [3.8, 4) is 17.2 Å². The number of hydrogen-bond donors (Lipinski definition) is 1. The zero-order valence-electron chi connectivity index (χ0n) is 11.7. The molecule has 1 aromatic carbocycles. The Morgan fingerprint density at radius 2 is 2.14 bits per heavy atom. The van der Waals surface area contributed by atoms with Gasteiger partial charge in [-0.25, -0.2) is 9.97 Å². The highest BCUT2D eigenvalue weighted by atomic mass is 16.5.